The number of benzene rings is 2. The number of hydrogen-bond acceptors (Lipinski definition) is 14. The van der Waals surface area contributed by atoms with Crippen LogP contribution in [0.5, 0.6) is 23.0 Å². The highest BCUT2D eigenvalue weighted by Gasteiger charge is 2.45. The third kappa shape index (κ3) is 6.47. The van der Waals surface area contributed by atoms with Crippen molar-refractivity contribution >= 4 is 12.2 Å². The van der Waals surface area contributed by atoms with E-state index in [2.05, 4.69) is 0 Å². The first-order chi connectivity index (χ1) is 19.0. The molecule has 4 rings (SSSR count). The molecular formula is C26H32O14. The van der Waals surface area contributed by atoms with Crippen LogP contribution in [0, 0.1) is 0 Å². The van der Waals surface area contributed by atoms with Crippen molar-refractivity contribution in [1.29, 1.82) is 0 Å². The SMILES string of the molecule is OC[C@H]1O[C@H](Oc2cc(O)cc(/C=C/c3ccc(O[C@H]4O[C@H](CO)[C@@H](O)[C@@H](O)[C@H]4O)cc3O)c2)[C@H](O)[C@H](O)[C@@H]1O. The van der Waals surface area contributed by atoms with E-state index >= 15 is 0 Å². The predicted octanol–water partition coefficient (Wildman–Crippen LogP) is -2.37. The van der Waals surface area contributed by atoms with Gasteiger partial charge in [-0.05, 0) is 29.8 Å². The highest BCUT2D eigenvalue weighted by Crippen LogP contribution is 2.31. The van der Waals surface area contributed by atoms with Crippen molar-refractivity contribution < 1.29 is 70.0 Å². The molecule has 0 aliphatic carbocycles. The third-order valence-corrected chi connectivity index (χ3v) is 6.57. The topological polar surface area (TPSA) is 239 Å². The molecule has 0 aromatic heterocycles. The zero-order valence-electron chi connectivity index (χ0n) is 20.9. The van der Waals surface area contributed by atoms with Crippen LogP contribution in [0.1, 0.15) is 11.1 Å². The van der Waals surface area contributed by atoms with Crippen LogP contribution in [-0.2, 0) is 9.47 Å². The largest absolute Gasteiger partial charge is 0.508 e. The van der Waals surface area contributed by atoms with Gasteiger partial charge in [-0.1, -0.05) is 12.2 Å². The highest BCUT2D eigenvalue weighted by molar-refractivity contribution is 5.74. The summed E-state index contributed by atoms with van der Waals surface area (Å²) in [6, 6.07) is 8.20. The lowest BCUT2D eigenvalue weighted by atomic mass is 9.99. The van der Waals surface area contributed by atoms with Crippen molar-refractivity contribution in [2.24, 2.45) is 0 Å². The zero-order valence-corrected chi connectivity index (χ0v) is 20.9. The fraction of sp³-hybridized carbons (Fsp3) is 0.462. The Kier molecular flexibility index (Phi) is 9.48. The van der Waals surface area contributed by atoms with E-state index in [0.717, 1.165) is 0 Å². The molecular weight excluding hydrogens is 536 g/mol. The van der Waals surface area contributed by atoms with Gasteiger partial charge in [0, 0.05) is 17.7 Å². The van der Waals surface area contributed by atoms with E-state index in [1.165, 1.54) is 48.6 Å². The summed E-state index contributed by atoms with van der Waals surface area (Å²) in [5.74, 6) is -0.353. The van der Waals surface area contributed by atoms with E-state index < -0.39 is 74.6 Å². The molecule has 2 aliphatic heterocycles. The molecule has 2 aromatic carbocycles. The first-order valence-electron chi connectivity index (χ1n) is 12.3. The standard InChI is InChI=1S/C26H32O14/c27-9-17-19(31)21(33)23(35)25(39-17)37-14-4-3-12(16(30)8-14)2-1-11-5-13(29)7-15(6-11)38-26-24(36)22(34)20(32)18(10-28)40-26/h1-8,17-36H,9-10H2/b2-1+/t17-,18-,19-,20-,21-,22-,23-,24-,25+,26+/m1/s1. The molecule has 14 heteroatoms. The summed E-state index contributed by atoms with van der Waals surface area (Å²) in [6.45, 7) is -1.25. The molecule has 0 radical (unpaired) electrons. The van der Waals surface area contributed by atoms with Gasteiger partial charge in [-0.25, -0.2) is 0 Å². The summed E-state index contributed by atoms with van der Waals surface area (Å²) in [7, 11) is 0. The summed E-state index contributed by atoms with van der Waals surface area (Å²) >= 11 is 0. The Hall–Kier alpha value is -3.02. The predicted molar refractivity (Wildman–Crippen MR) is 134 cm³/mol. The second-order valence-electron chi connectivity index (χ2n) is 9.44. The Bertz CT molecular complexity index is 1170. The summed E-state index contributed by atoms with van der Waals surface area (Å²) in [6.07, 6.45) is -11.8. The number of aromatic hydroxyl groups is 2. The molecule has 2 aliphatic rings. The van der Waals surface area contributed by atoms with Gasteiger partial charge in [0.25, 0.3) is 0 Å². The van der Waals surface area contributed by atoms with Crippen molar-refractivity contribution in [2.45, 2.75) is 61.4 Å². The van der Waals surface area contributed by atoms with Crippen molar-refractivity contribution in [2.75, 3.05) is 13.2 Å². The molecule has 2 heterocycles. The van der Waals surface area contributed by atoms with Gasteiger partial charge in [0.15, 0.2) is 0 Å². The normalized spacial score (nSPS) is 34.6. The maximum absolute atomic E-state index is 10.5. The second kappa shape index (κ2) is 12.7. The molecule has 10 N–H and O–H groups in total. The first kappa shape index (κ1) is 30.0. The molecule has 14 nitrogen and oxygen atoms in total. The minimum Gasteiger partial charge on any atom is -0.508 e. The van der Waals surface area contributed by atoms with E-state index in [1.54, 1.807) is 0 Å². The number of rotatable bonds is 8. The molecule has 0 unspecified atom stereocenters. The molecule has 0 spiro atoms. The van der Waals surface area contributed by atoms with Gasteiger partial charge >= 0.3 is 0 Å². The van der Waals surface area contributed by atoms with Crippen LogP contribution in [0.4, 0.5) is 0 Å². The minimum atomic E-state index is -1.64. The average molecular weight is 569 g/mol. The van der Waals surface area contributed by atoms with E-state index in [1.807, 2.05) is 0 Å². The molecule has 2 aromatic rings. The van der Waals surface area contributed by atoms with Gasteiger partial charge in [-0.15, -0.1) is 0 Å². The number of phenols is 2. The zero-order chi connectivity index (χ0) is 29.1. The monoisotopic (exact) mass is 568 g/mol. The van der Waals surface area contributed by atoms with Gasteiger partial charge in [-0.3, -0.25) is 0 Å². The number of hydrogen-bond donors (Lipinski definition) is 10. The van der Waals surface area contributed by atoms with Gasteiger partial charge < -0.3 is 70.0 Å². The van der Waals surface area contributed by atoms with E-state index in [0.29, 0.717) is 11.1 Å². The molecule has 40 heavy (non-hydrogen) atoms. The van der Waals surface area contributed by atoms with Crippen molar-refractivity contribution in [3.8, 4) is 23.0 Å². The maximum Gasteiger partial charge on any atom is 0.229 e. The lowest BCUT2D eigenvalue weighted by Gasteiger charge is -2.39. The van der Waals surface area contributed by atoms with Crippen LogP contribution in [0.15, 0.2) is 36.4 Å². The van der Waals surface area contributed by atoms with Crippen LogP contribution in [-0.4, -0.2) is 126 Å². The van der Waals surface area contributed by atoms with Gasteiger partial charge in [0.2, 0.25) is 12.6 Å². The van der Waals surface area contributed by atoms with Crippen LogP contribution in [0.25, 0.3) is 12.2 Å². The fourth-order valence-electron chi connectivity index (χ4n) is 4.29. The Morgan fingerprint density at radius 1 is 0.625 bits per heavy atom. The molecule has 2 saturated heterocycles. The van der Waals surface area contributed by atoms with Crippen LogP contribution in [0.2, 0.25) is 0 Å². The van der Waals surface area contributed by atoms with Crippen LogP contribution < -0.4 is 9.47 Å². The molecule has 2 fully saturated rings. The van der Waals surface area contributed by atoms with Crippen LogP contribution in [0.3, 0.4) is 0 Å². The average Bonchev–Trinajstić information content (AvgIpc) is 2.93. The van der Waals surface area contributed by atoms with Crippen molar-refractivity contribution in [1.82, 2.24) is 0 Å². The Balaban J connectivity index is 1.45. The lowest BCUT2D eigenvalue weighted by Crippen LogP contribution is -2.60. The Labute approximate surface area is 227 Å². The van der Waals surface area contributed by atoms with Crippen molar-refractivity contribution in [3.63, 3.8) is 0 Å². The Morgan fingerprint density at radius 2 is 1.18 bits per heavy atom. The molecule has 0 bridgehead atoms. The second-order valence-corrected chi connectivity index (χ2v) is 9.44. The lowest BCUT2D eigenvalue weighted by molar-refractivity contribution is -0.277. The quantitative estimate of drug-likeness (QED) is 0.150. The summed E-state index contributed by atoms with van der Waals surface area (Å²) in [5, 5.41) is 99.2. The van der Waals surface area contributed by atoms with Gasteiger partial charge in [0.05, 0.1) is 13.2 Å². The van der Waals surface area contributed by atoms with Gasteiger partial charge in [0.1, 0.15) is 71.8 Å². The molecule has 0 amide bonds. The highest BCUT2D eigenvalue weighted by atomic mass is 16.7. The summed E-state index contributed by atoms with van der Waals surface area (Å²) in [4.78, 5) is 0. The fourth-order valence-corrected chi connectivity index (χ4v) is 4.29. The molecule has 0 saturated carbocycles. The van der Waals surface area contributed by atoms with Crippen molar-refractivity contribution in [3.05, 3.63) is 47.5 Å². The smallest absolute Gasteiger partial charge is 0.229 e. The number of ether oxygens (including phenoxy) is 4. The summed E-state index contributed by atoms with van der Waals surface area (Å²) in [5.41, 5.74) is 0.724. The summed E-state index contributed by atoms with van der Waals surface area (Å²) < 4.78 is 21.6. The molecule has 10 atom stereocenters. The maximum atomic E-state index is 10.5. The van der Waals surface area contributed by atoms with E-state index in [4.69, 9.17) is 18.9 Å². The van der Waals surface area contributed by atoms with E-state index in [-0.39, 0.29) is 23.0 Å². The number of aliphatic hydroxyl groups excluding tert-OH is 8. The van der Waals surface area contributed by atoms with Gasteiger partial charge in [-0.2, -0.15) is 0 Å². The number of phenolic OH excluding ortho intramolecular Hbond substituents is 2. The first-order valence-corrected chi connectivity index (χ1v) is 12.3. The third-order valence-electron chi connectivity index (χ3n) is 6.57. The molecule has 220 valence electrons. The minimum absolute atomic E-state index is 0.0384. The van der Waals surface area contributed by atoms with E-state index in [9.17, 15) is 51.1 Å². The Morgan fingerprint density at radius 3 is 1.70 bits per heavy atom. The van der Waals surface area contributed by atoms with Crippen LogP contribution >= 0.6 is 0 Å². The number of aliphatic hydroxyl groups is 8.